The lowest BCUT2D eigenvalue weighted by Crippen LogP contribution is -2.51. The van der Waals surface area contributed by atoms with Crippen LogP contribution in [0.15, 0.2) is 0 Å². The van der Waals surface area contributed by atoms with E-state index in [0.717, 1.165) is 51.4 Å². The van der Waals surface area contributed by atoms with Gasteiger partial charge in [-0.2, -0.15) is 0 Å². The predicted molar refractivity (Wildman–Crippen MR) is 72.9 cm³/mol. The van der Waals surface area contributed by atoms with Gasteiger partial charge in [0.05, 0.1) is 5.60 Å². The largest absolute Gasteiger partial charge is 0.382 e. The molecule has 2 aliphatic carbocycles. The summed E-state index contributed by atoms with van der Waals surface area (Å²) < 4.78 is 5.89. The van der Waals surface area contributed by atoms with E-state index in [9.17, 15) is 9.90 Å². The number of hydrogen-bond acceptors (Lipinski definition) is 3. The van der Waals surface area contributed by atoms with E-state index >= 15 is 0 Å². The van der Waals surface area contributed by atoms with Crippen molar-refractivity contribution in [1.29, 1.82) is 0 Å². The monoisotopic (exact) mass is 266 g/mol. The lowest BCUT2D eigenvalue weighted by molar-refractivity contribution is -0.167. The molecule has 19 heavy (non-hydrogen) atoms. The highest BCUT2D eigenvalue weighted by Gasteiger charge is 2.48. The molecule has 3 heteroatoms. The maximum absolute atomic E-state index is 12.7. The highest BCUT2D eigenvalue weighted by atomic mass is 16.5. The van der Waals surface area contributed by atoms with Crippen molar-refractivity contribution in [3.05, 3.63) is 0 Å². The van der Waals surface area contributed by atoms with Gasteiger partial charge in [0.2, 0.25) is 0 Å². The molecular formula is C16H26O3. The van der Waals surface area contributed by atoms with Gasteiger partial charge in [-0.15, -0.1) is 0 Å². The van der Waals surface area contributed by atoms with Crippen LogP contribution in [-0.4, -0.2) is 28.7 Å². The summed E-state index contributed by atoms with van der Waals surface area (Å²) in [7, 11) is 0. The Bertz CT molecular complexity index is 338. The first-order valence-corrected chi connectivity index (χ1v) is 8.04. The van der Waals surface area contributed by atoms with E-state index < -0.39 is 5.60 Å². The normalized spacial score (nSPS) is 33.4. The maximum atomic E-state index is 12.7. The second kappa shape index (κ2) is 5.17. The fourth-order valence-electron chi connectivity index (χ4n) is 4.11. The number of ketones is 1. The van der Waals surface area contributed by atoms with Crippen LogP contribution in [0.25, 0.3) is 0 Å². The Morgan fingerprint density at radius 1 is 1.00 bits per heavy atom. The van der Waals surface area contributed by atoms with Gasteiger partial charge in [0.25, 0.3) is 0 Å². The lowest BCUT2D eigenvalue weighted by atomic mass is 9.68. The summed E-state index contributed by atoms with van der Waals surface area (Å²) in [4.78, 5) is 12.7. The fraction of sp³-hybridized carbons (Fsp3) is 0.938. The minimum absolute atomic E-state index is 0.000331. The van der Waals surface area contributed by atoms with Crippen molar-refractivity contribution in [2.75, 3.05) is 6.61 Å². The van der Waals surface area contributed by atoms with Crippen molar-refractivity contribution in [2.24, 2.45) is 5.92 Å². The number of carbonyl (C=O) groups excluding carboxylic acids is 1. The topological polar surface area (TPSA) is 46.5 Å². The molecule has 108 valence electrons. The molecule has 1 unspecified atom stereocenters. The van der Waals surface area contributed by atoms with Crippen LogP contribution in [0.3, 0.4) is 0 Å². The molecule has 0 aromatic carbocycles. The van der Waals surface area contributed by atoms with Crippen LogP contribution in [0.4, 0.5) is 0 Å². The van der Waals surface area contributed by atoms with Crippen molar-refractivity contribution < 1.29 is 14.6 Å². The summed E-state index contributed by atoms with van der Waals surface area (Å²) in [5.74, 6) is 0.168. The Hall–Kier alpha value is -0.410. The Kier molecular flexibility index (Phi) is 3.69. The SMILES string of the molecule is O=C(C1CCOC2(CCC2)C1)C1(O)CCCCCC1. The number of carbonyl (C=O) groups is 1. The summed E-state index contributed by atoms with van der Waals surface area (Å²) in [5, 5.41) is 10.7. The first kappa shape index (κ1) is 13.6. The standard InChI is InChI=1S/C16H26O3/c17-14(16(18)9-3-1-2-4-10-16)13-6-11-19-15(12-13)7-5-8-15/h13,18H,1-12H2. The van der Waals surface area contributed by atoms with Gasteiger partial charge in [-0.25, -0.2) is 0 Å². The molecule has 3 aliphatic rings. The molecule has 3 nitrogen and oxygen atoms in total. The molecule has 1 atom stereocenters. The van der Waals surface area contributed by atoms with Gasteiger partial charge in [0.1, 0.15) is 5.60 Å². The summed E-state index contributed by atoms with van der Waals surface area (Å²) in [6.07, 6.45) is 10.8. The second-order valence-electron chi connectivity index (χ2n) is 6.88. The second-order valence-corrected chi connectivity index (χ2v) is 6.88. The first-order chi connectivity index (χ1) is 9.14. The van der Waals surface area contributed by atoms with Gasteiger partial charge in [-0.3, -0.25) is 4.79 Å². The van der Waals surface area contributed by atoms with Gasteiger partial charge in [0.15, 0.2) is 5.78 Å². The molecule has 3 fully saturated rings. The minimum atomic E-state index is -1.02. The summed E-state index contributed by atoms with van der Waals surface area (Å²) >= 11 is 0. The number of hydrogen-bond donors (Lipinski definition) is 1. The molecule has 0 bridgehead atoms. The van der Waals surface area contributed by atoms with Crippen LogP contribution in [0.5, 0.6) is 0 Å². The third-order valence-corrected chi connectivity index (χ3v) is 5.52. The van der Waals surface area contributed by atoms with Gasteiger partial charge >= 0.3 is 0 Å². The zero-order valence-corrected chi connectivity index (χ0v) is 11.8. The van der Waals surface area contributed by atoms with Crippen molar-refractivity contribution in [3.63, 3.8) is 0 Å². The molecular weight excluding hydrogens is 240 g/mol. The van der Waals surface area contributed by atoms with Crippen LogP contribution >= 0.6 is 0 Å². The molecule has 1 spiro atoms. The van der Waals surface area contributed by atoms with E-state index in [1.54, 1.807) is 0 Å². The quantitative estimate of drug-likeness (QED) is 0.782. The van der Waals surface area contributed by atoms with Crippen LogP contribution in [0, 0.1) is 5.92 Å². The fourth-order valence-corrected chi connectivity index (χ4v) is 4.11. The summed E-state index contributed by atoms with van der Waals surface area (Å²) in [6.45, 7) is 0.701. The summed E-state index contributed by atoms with van der Waals surface area (Å²) in [5.41, 5.74) is -1.02. The van der Waals surface area contributed by atoms with Crippen LogP contribution in [0.1, 0.15) is 70.6 Å². The molecule has 1 saturated heterocycles. The predicted octanol–water partition coefficient (Wildman–Crippen LogP) is 2.99. The lowest BCUT2D eigenvalue weighted by Gasteiger charge is -2.47. The smallest absolute Gasteiger partial charge is 0.167 e. The van der Waals surface area contributed by atoms with Crippen molar-refractivity contribution in [3.8, 4) is 0 Å². The third-order valence-electron chi connectivity index (χ3n) is 5.52. The van der Waals surface area contributed by atoms with Gasteiger partial charge in [-0.1, -0.05) is 25.7 Å². The molecule has 1 heterocycles. The Labute approximate surface area is 115 Å². The van der Waals surface area contributed by atoms with Crippen molar-refractivity contribution in [1.82, 2.24) is 0 Å². The Balaban J connectivity index is 1.68. The van der Waals surface area contributed by atoms with E-state index in [0.29, 0.717) is 19.4 Å². The molecule has 0 radical (unpaired) electrons. The zero-order chi connectivity index (χ0) is 13.3. The van der Waals surface area contributed by atoms with Gasteiger partial charge in [-0.05, 0) is 44.9 Å². The highest BCUT2D eigenvalue weighted by molar-refractivity contribution is 5.89. The summed E-state index contributed by atoms with van der Waals surface area (Å²) in [6, 6.07) is 0. The number of aliphatic hydroxyl groups is 1. The van der Waals surface area contributed by atoms with Crippen LogP contribution < -0.4 is 0 Å². The van der Waals surface area contributed by atoms with E-state index in [1.165, 1.54) is 6.42 Å². The van der Waals surface area contributed by atoms with E-state index in [4.69, 9.17) is 4.74 Å². The average Bonchev–Trinajstić information content (AvgIpc) is 2.62. The Morgan fingerprint density at radius 2 is 1.68 bits per heavy atom. The van der Waals surface area contributed by atoms with Crippen molar-refractivity contribution in [2.45, 2.75) is 81.8 Å². The maximum Gasteiger partial charge on any atom is 0.167 e. The molecule has 0 amide bonds. The molecule has 3 rings (SSSR count). The third kappa shape index (κ3) is 2.59. The van der Waals surface area contributed by atoms with Gasteiger partial charge < -0.3 is 9.84 Å². The van der Waals surface area contributed by atoms with Gasteiger partial charge in [0, 0.05) is 12.5 Å². The van der Waals surface area contributed by atoms with Crippen LogP contribution in [0.2, 0.25) is 0 Å². The van der Waals surface area contributed by atoms with E-state index in [1.807, 2.05) is 0 Å². The average molecular weight is 266 g/mol. The molecule has 1 aliphatic heterocycles. The number of ether oxygens (including phenoxy) is 1. The molecule has 0 aromatic heterocycles. The molecule has 2 saturated carbocycles. The Morgan fingerprint density at radius 3 is 2.26 bits per heavy atom. The van der Waals surface area contributed by atoms with Crippen molar-refractivity contribution >= 4 is 5.78 Å². The zero-order valence-electron chi connectivity index (χ0n) is 11.8. The first-order valence-electron chi connectivity index (χ1n) is 8.04. The highest BCUT2D eigenvalue weighted by Crippen LogP contribution is 2.45. The molecule has 0 aromatic rings. The molecule has 1 N–H and O–H groups in total. The van der Waals surface area contributed by atoms with E-state index in [2.05, 4.69) is 0 Å². The van der Waals surface area contributed by atoms with E-state index in [-0.39, 0.29) is 17.3 Å². The number of Topliss-reactive ketones (excluding diaryl/α,β-unsaturated/α-hetero) is 1. The number of rotatable bonds is 2. The van der Waals surface area contributed by atoms with Crippen LogP contribution in [-0.2, 0) is 9.53 Å². The minimum Gasteiger partial charge on any atom is -0.382 e.